The third kappa shape index (κ3) is 3.36. The van der Waals surface area contributed by atoms with Crippen LogP contribution in [0.2, 0.25) is 0 Å². The molecular formula is C28H25N3O5. The number of piperazine rings is 1. The van der Waals surface area contributed by atoms with Crippen LogP contribution in [0, 0.1) is 22.0 Å². The number of carbonyl (C=O) groups excluding carboxylic acids is 1. The number of nitro groups is 1. The number of fused-ring (bicyclic) bond motifs is 1. The Balaban J connectivity index is 1.29. The minimum atomic E-state index is -0.933. The smallest absolute Gasteiger partial charge is 0.308 e. The lowest BCUT2D eigenvalue weighted by Gasteiger charge is -2.50. The van der Waals surface area contributed by atoms with Crippen molar-refractivity contribution < 1.29 is 19.6 Å². The van der Waals surface area contributed by atoms with Crippen molar-refractivity contribution in [2.24, 2.45) is 11.8 Å². The van der Waals surface area contributed by atoms with Crippen LogP contribution in [0.3, 0.4) is 0 Å². The molecule has 0 aromatic heterocycles. The summed E-state index contributed by atoms with van der Waals surface area (Å²) in [5, 5.41) is 21.3. The van der Waals surface area contributed by atoms with Crippen LogP contribution < -0.4 is 4.90 Å². The third-order valence-corrected chi connectivity index (χ3v) is 8.02. The Labute approximate surface area is 207 Å². The maximum absolute atomic E-state index is 14.0. The van der Waals surface area contributed by atoms with Gasteiger partial charge < -0.3 is 14.9 Å². The Kier molecular flexibility index (Phi) is 5.25. The lowest BCUT2D eigenvalue weighted by Crippen LogP contribution is -2.55. The number of anilines is 1. The number of non-ortho nitro benzene ring substituents is 1. The van der Waals surface area contributed by atoms with Gasteiger partial charge >= 0.3 is 5.97 Å². The van der Waals surface area contributed by atoms with Crippen molar-refractivity contribution in [1.82, 2.24) is 4.90 Å². The quantitative estimate of drug-likeness (QED) is 0.447. The van der Waals surface area contributed by atoms with E-state index >= 15 is 0 Å². The molecule has 0 spiro atoms. The molecule has 182 valence electrons. The van der Waals surface area contributed by atoms with Gasteiger partial charge in [0.15, 0.2) is 0 Å². The third-order valence-electron chi connectivity index (χ3n) is 8.02. The average Bonchev–Trinajstić information content (AvgIpc) is 2.92. The van der Waals surface area contributed by atoms with E-state index < -0.39 is 22.7 Å². The summed E-state index contributed by atoms with van der Waals surface area (Å²) < 4.78 is 0. The summed E-state index contributed by atoms with van der Waals surface area (Å²) in [6.07, 6.45) is 0. The van der Waals surface area contributed by atoms with Crippen molar-refractivity contribution in [3.63, 3.8) is 0 Å². The number of hydrogen-bond donors (Lipinski definition) is 1. The molecular weight excluding hydrogens is 458 g/mol. The van der Waals surface area contributed by atoms with Gasteiger partial charge in [-0.3, -0.25) is 19.7 Å². The van der Waals surface area contributed by atoms with Gasteiger partial charge in [0.25, 0.3) is 5.69 Å². The topological polar surface area (TPSA) is 104 Å². The number of nitrogens with zero attached hydrogens (tertiary/aromatic N) is 3. The Bertz CT molecular complexity index is 1320. The van der Waals surface area contributed by atoms with Crippen molar-refractivity contribution in [1.29, 1.82) is 0 Å². The molecule has 8 nitrogen and oxygen atoms in total. The Morgan fingerprint density at radius 1 is 0.750 bits per heavy atom. The highest BCUT2D eigenvalue weighted by Crippen LogP contribution is 2.58. The minimum Gasteiger partial charge on any atom is -0.481 e. The number of carboxylic acid groups (broad SMARTS) is 1. The zero-order chi connectivity index (χ0) is 25.0. The summed E-state index contributed by atoms with van der Waals surface area (Å²) in [6.45, 7) is 2.10. The van der Waals surface area contributed by atoms with E-state index in [4.69, 9.17) is 0 Å². The minimum absolute atomic E-state index is 0.0418. The molecule has 1 saturated heterocycles. The van der Waals surface area contributed by atoms with Crippen LogP contribution in [-0.2, 0) is 9.59 Å². The number of rotatable bonds is 4. The zero-order valence-electron chi connectivity index (χ0n) is 19.5. The molecule has 0 radical (unpaired) electrons. The largest absolute Gasteiger partial charge is 0.481 e. The van der Waals surface area contributed by atoms with Gasteiger partial charge in [-0.2, -0.15) is 0 Å². The molecule has 7 rings (SSSR count). The zero-order valence-corrected chi connectivity index (χ0v) is 19.5. The molecule has 2 unspecified atom stereocenters. The highest BCUT2D eigenvalue weighted by molar-refractivity contribution is 5.90. The first-order chi connectivity index (χ1) is 17.5. The van der Waals surface area contributed by atoms with Crippen molar-refractivity contribution in [2.75, 3.05) is 31.1 Å². The molecule has 2 bridgehead atoms. The molecule has 3 aromatic carbocycles. The SMILES string of the molecule is O=C(O)C1C2c3ccccc3C(c3ccccc32)C1C(=O)N1CCN(c2ccc([N+](=O)[O-])cc2)CC1. The highest BCUT2D eigenvalue weighted by Gasteiger charge is 2.56. The van der Waals surface area contributed by atoms with E-state index in [-0.39, 0.29) is 23.4 Å². The van der Waals surface area contributed by atoms with Crippen molar-refractivity contribution in [3.05, 3.63) is 105 Å². The fourth-order valence-electron chi connectivity index (χ4n) is 6.45. The van der Waals surface area contributed by atoms with Gasteiger partial charge in [-0.25, -0.2) is 0 Å². The predicted octanol–water partition coefficient (Wildman–Crippen LogP) is 3.85. The van der Waals surface area contributed by atoms with Gasteiger partial charge in [-0.05, 0) is 34.4 Å². The van der Waals surface area contributed by atoms with Crippen molar-refractivity contribution in [3.8, 4) is 0 Å². The van der Waals surface area contributed by atoms with E-state index in [0.29, 0.717) is 26.2 Å². The van der Waals surface area contributed by atoms with E-state index in [1.165, 1.54) is 12.1 Å². The first-order valence-corrected chi connectivity index (χ1v) is 12.1. The van der Waals surface area contributed by atoms with E-state index in [2.05, 4.69) is 4.90 Å². The first-order valence-electron chi connectivity index (χ1n) is 12.1. The van der Waals surface area contributed by atoms with Gasteiger partial charge in [-0.1, -0.05) is 48.5 Å². The molecule has 1 heterocycles. The summed E-state index contributed by atoms with van der Waals surface area (Å²) in [6, 6.07) is 22.3. The van der Waals surface area contributed by atoms with Gasteiger partial charge in [0, 0.05) is 55.8 Å². The van der Waals surface area contributed by atoms with Crippen LogP contribution in [0.4, 0.5) is 11.4 Å². The van der Waals surface area contributed by atoms with Crippen LogP contribution in [-0.4, -0.2) is 53.0 Å². The number of hydrogen-bond acceptors (Lipinski definition) is 5. The maximum Gasteiger partial charge on any atom is 0.308 e. The average molecular weight is 484 g/mol. The van der Waals surface area contributed by atoms with E-state index in [0.717, 1.165) is 27.9 Å². The molecule has 4 aliphatic rings. The fraction of sp³-hybridized carbons (Fsp3) is 0.286. The summed E-state index contributed by atoms with van der Waals surface area (Å²) in [5.41, 5.74) is 5.06. The van der Waals surface area contributed by atoms with Crippen LogP contribution in [0.15, 0.2) is 72.8 Å². The van der Waals surface area contributed by atoms with E-state index in [1.54, 1.807) is 17.0 Å². The lowest BCUT2D eigenvalue weighted by molar-refractivity contribution is -0.384. The number of nitro benzene ring substituents is 1. The number of amides is 1. The first kappa shape index (κ1) is 22.3. The molecule has 2 atom stereocenters. The lowest BCUT2D eigenvalue weighted by atomic mass is 9.54. The molecule has 1 amide bonds. The van der Waals surface area contributed by atoms with Crippen LogP contribution >= 0.6 is 0 Å². The normalized spacial score (nSPS) is 24.1. The predicted molar refractivity (Wildman–Crippen MR) is 133 cm³/mol. The molecule has 0 saturated carbocycles. The maximum atomic E-state index is 14.0. The van der Waals surface area contributed by atoms with E-state index in [9.17, 15) is 24.8 Å². The second kappa shape index (κ2) is 8.48. The summed E-state index contributed by atoms with van der Waals surface area (Å²) in [7, 11) is 0. The Morgan fingerprint density at radius 2 is 1.22 bits per heavy atom. The highest BCUT2D eigenvalue weighted by atomic mass is 16.6. The fourth-order valence-corrected chi connectivity index (χ4v) is 6.45. The Morgan fingerprint density at radius 3 is 1.67 bits per heavy atom. The molecule has 1 N–H and O–H groups in total. The second-order valence-corrected chi connectivity index (χ2v) is 9.69. The van der Waals surface area contributed by atoms with Crippen molar-refractivity contribution >= 4 is 23.3 Å². The van der Waals surface area contributed by atoms with Crippen LogP contribution in [0.1, 0.15) is 34.1 Å². The van der Waals surface area contributed by atoms with Gasteiger partial charge in [0.2, 0.25) is 5.91 Å². The Hall–Kier alpha value is -4.20. The second-order valence-electron chi connectivity index (χ2n) is 9.69. The summed E-state index contributed by atoms with van der Waals surface area (Å²) in [5.74, 6) is -3.16. The summed E-state index contributed by atoms with van der Waals surface area (Å²) >= 11 is 0. The molecule has 1 fully saturated rings. The van der Waals surface area contributed by atoms with Gasteiger partial charge in [0.05, 0.1) is 16.8 Å². The number of carboxylic acids is 1. The molecule has 3 aromatic rings. The van der Waals surface area contributed by atoms with E-state index in [1.807, 2.05) is 48.5 Å². The molecule has 3 aliphatic carbocycles. The van der Waals surface area contributed by atoms with Gasteiger partial charge in [0.1, 0.15) is 0 Å². The van der Waals surface area contributed by atoms with Gasteiger partial charge in [-0.15, -0.1) is 0 Å². The number of benzene rings is 3. The molecule has 1 aliphatic heterocycles. The number of aliphatic carboxylic acids is 1. The monoisotopic (exact) mass is 483 g/mol. The molecule has 8 heteroatoms. The standard InChI is InChI=1S/C28H25N3O5/c32-27(30-15-13-29(14-16-30)17-9-11-18(12-10-17)31(35)36)25-23-19-5-1-3-7-21(19)24(26(25)28(33)34)22-8-4-2-6-20(22)23/h1-12,23-26H,13-16H2,(H,33,34). The van der Waals surface area contributed by atoms with Crippen LogP contribution in [0.5, 0.6) is 0 Å². The summed E-state index contributed by atoms with van der Waals surface area (Å²) in [4.78, 5) is 41.1. The molecule has 36 heavy (non-hydrogen) atoms. The number of carbonyl (C=O) groups is 2. The van der Waals surface area contributed by atoms with Crippen LogP contribution in [0.25, 0.3) is 0 Å². The van der Waals surface area contributed by atoms with Crippen molar-refractivity contribution in [2.45, 2.75) is 11.8 Å².